The number of aliphatic hydroxyl groups excluding tert-OH is 5. The van der Waals surface area contributed by atoms with Crippen LogP contribution in [-0.4, -0.2) is 126 Å². The van der Waals surface area contributed by atoms with E-state index in [1.807, 2.05) is 0 Å². The summed E-state index contributed by atoms with van der Waals surface area (Å²) in [7, 11) is 0. The Hall–Kier alpha value is -4.33. The molecule has 2 fully saturated rings. The molecule has 0 amide bonds. The number of carboxylic acids is 1. The molecule has 0 unspecified atom stereocenters. The van der Waals surface area contributed by atoms with Gasteiger partial charge in [-0.3, -0.25) is 9.59 Å². The van der Waals surface area contributed by atoms with Crippen LogP contribution >= 0.6 is 0 Å². The fourth-order valence-corrected chi connectivity index (χ4v) is 4.90. The van der Waals surface area contributed by atoms with Gasteiger partial charge in [-0.15, -0.1) is 0 Å². The lowest BCUT2D eigenvalue weighted by Crippen LogP contribution is -2.64. The number of carbonyl (C=O) groups excluding carboxylic acids is 1. The van der Waals surface area contributed by atoms with E-state index in [4.69, 9.17) is 33.2 Å². The number of aliphatic hydroxyl groups is 5. The maximum atomic E-state index is 11.9. The summed E-state index contributed by atoms with van der Waals surface area (Å²) in [5.74, 6) is -3.67. The van der Waals surface area contributed by atoms with Crippen molar-refractivity contribution >= 4 is 22.9 Å². The van der Waals surface area contributed by atoms with Gasteiger partial charge in [-0.05, 0) is 24.3 Å². The van der Waals surface area contributed by atoms with Crippen LogP contribution in [0.5, 0.6) is 23.0 Å². The van der Waals surface area contributed by atoms with E-state index in [0.29, 0.717) is 5.56 Å². The van der Waals surface area contributed by atoms with Crippen molar-refractivity contribution in [3.8, 4) is 34.3 Å². The third-order valence-corrected chi connectivity index (χ3v) is 7.28. The van der Waals surface area contributed by atoms with E-state index in [-0.39, 0.29) is 34.0 Å². The number of aliphatic carboxylic acids is 1. The second-order valence-corrected chi connectivity index (χ2v) is 10.6. The minimum Gasteiger partial charge on any atom is -0.508 e. The molecule has 5 rings (SSSR count). The molecule has 2 saturated heterocycles. The first kappa shape index (κ1) is 33.0. The van der Waals surface area contributed by atoms with Crippen molar-refractivity contribution in [1.82, 2.24) is 0 Å². The van der Waals surface area contributed by atoms with Gasteiger partial charge in [0.15, 0.2) is 12.4 Å². The molecule has 0 saturated carbocycles. The number of aromatic hydroxyl groups is 3. The number of carbonyl (C=O) groups is 2. The molecule has 17 nitrogen and oxygen atoms in total. The van der Waals surface area contributed by atoms with Crippen molar-refractivity contribution in [1.29, 1.82) is 0 Å². The standard InChI is InChI=1S/C29H30O17/c30-12-3-1-11(2-4-12)26-18(7-14-15(32)5-13(31)6-17(14)43-26)44-29-27(46-28-25(40)22(37)16(33)9-42-28)24(39)23(38)19(45-29)10-41-21(36)8-20(34)35/h1-7,16,19,22-25,27-29,33,37-40H,8-10H2,(H3-,30,31,32,34,35)/p+1/t16-,19-,22-,23-,24-,25-,27+,28-,29+/m0/s1. The van der Waals surface area contributed by atoms with Gasteiger partial charge in [-0.1, -0.05) is 0 Å². The fourth-order valence-electron chi connectivity index (χ4n) is 4.90. The summed E-state index contributed by atoms with van der Waals surface area (Å²) < 4.78 is 33.7. The summed E-state index contributed by atoms with van der Waals surface area (Å²) in [5.41, 5.74) is 0.323. The average molecular weight is 652 g/mol. The fraction of sp³-hybridized carbons (Fsp3) is 0.414. The van der Waals surface area contributed by atoms with Crippen LogP contribution in [0.1, 0.15) is 6.42 Å². The first-order valence-electron chi connectivity index (χ1n) is 13.8. The highest BCUT2D eigenvalue weighted by Gasteiger charge is 2.51. The normalized spacial score (nSPS) is 29.7. The lowest BCUT2D eigenvalue weighted by Gasteiger charge is -2.44. The molecule has 9 N–H and O–H groups in total. The van der Waals surface area contributed by atoms with E-state index < -0.39 is 92.6 Å². The lowest BCUT2D eigenvalue weighted by molar-refractivity contribution is -0.345. The third kappa shape index (κ3) is 7.06. The van der Waals surface area contributed by atoms with Gasteiger partial charge in [-0.25, -0.2) is 4.42 Å². The lowest BCUT2D eigenvalue weighted by atomic mass is 9.98. The van der Waals surface area contributed by atoms with E-state index in [1.54, 1.807) is 0 Å². The molecule has 2 aliphatic heterocycles. The summed E-state index contributed by atoms with van der Waals surface area (Å²) in [6, 6.07) is 9.13. The van der Waals surface area contributed by atoms with Gasteiger partial charge < -0.3 is 69.6 Å². The highest BCUT2D eigenvalue weighted by molar-refractivity contribution is 5.90. The first-order valence-corrected chi connectivity index (χ1v) is 13.8. The van der Waals surface area contributed by atoms with Gasteiger partial charge in [0.25, 0.3) is 0 Å². The Morgan fingerprint density at radius 2 is 1.59 bits per heavy atom. The molecule has 0 radical (unpaired) electrons. The summed E-state index contributed by atoms with van der Waals surface area (Å²) in [5, 5.41) is 91.5. The molecule has 2 aliphatic rings. The van der Waals surface area contributed by atoms with E-state index in [9.17, 15) is 50.4 Å². The third-order valence-electron chi connectivity index (χ3n) is 7.28. The van der Waals surface area contributed by atoms with Gasteiger partial charge in [0.1, 0.15) is 72.3 Å². The largest absolute Gasteiger partial charge is 0.508 e. The number of carboxylic acid groups (broad SMARTS) is 1. The Morgan fingerprint density at radius 1 is 0.870 bits per heavy atom. The Bertz CT molecular complexity index is 1560. The smallest absolute Gasteiger partial charge is 0.402 e. The van der Waals surface area contributed by atoms with Crippen LogP contribution in [0, 0.1) is 0 Å². The average Bonchev–Trinajstić information content (AvgIpc) is 3.00. The molecule has 46 heavy (non-hydrogen) atoms. The molecule has 3 heterocycles. The number of phenols is 3. The molecule has 0 aliphatic carbocycles. The summed E-state index contributed by atoms with van der Waals surface area (Å²) in [6.07, 6.45) is -16.4. The maximum Gasteiger partial charge on any atom is 0.402 e. The Morgan fingerprint density at radius 3 is 2.28 bits per heavy atom. The van der Waals surface area contributed by atoms with Gasteiger partial charge in [0, 0.05) is 12.1 Å². The zero-order valence-corrected chi connectivity index (χ0v) is 23.6. The molecular formula is C29H31O17+. The van der Waals surface area contributed by atoms with Crippen LogP contribution in [0.4, 0.5) is 0 Å². The first-order chi connectivity index (χ1) is 21.8. The topological polar surface area (TPSA) is 274 Å². The van der Waals surface area contributed by atoms with Gasteiger partial charge >= 0.3 is 23.3 Å². The van der Waals surface area contributed by atoms with Gasteiger partial charge in [0.05, 0.1) is 18.2 Å². The van der Waals surface area contributed by atoms with Crippen LogP contribution in [0.3, 0.4) is 0 Å². The highest BCUT2D eigenvalue weighted by atomic mass is 16.8. The molecular weight excluding hydrogens is 620 g/mol. The highest BCUT2D eigenvalue weighted by Crippen LogP contribution is 2.41. The number of rotatable bonds is 9. The molecule has 248 valence electrons. The Balaban J connectivity index is 1.53. The second kappa shape index (κ2) is 13.6. The predicted molar refractivity (Wildman–Crippen MR) is 148 cm³/mol. The minimum absolute atomic E-state index is 0.00948. The summed E-state index contributed by atoms with van der Waals surface area (Å²) in [4.78, 5) is 22.7. The van der Waals surface area contributed by atoms with Crippen LogP contribution in [0.15, 0.2) is 46.9 Å². The maximum absolute atomic E-state index is 11.9. The van der Waals surface area contributed by atoms with E-state index in [0.717, 1.165) is 6.07 Å². The van der Waals surface area contributed by atoms with Crippen LogP contribution in [0.2, 0.25) is 0 Å². The van der Waals surface area contributed by atoms with Crippen LogP contribution in [0.25, 0.3) is 22.3 Å². The van der Waals surface area contributed by atoms with Crippen LogP contribution in [-0.2, 0) is 28.5 Å². The second-order valence-electron chi connectivity index (χ2n) is 10.6. The van der Waals surface area contributed by atoms with E-state index >= 15 is 0 Å². The summed E-state index contributed by atoms with van der Waals surface area (Å²) >= 11 is 0. The molecule has 1 aromatic heterocycles. The number of benzene rings is 2. The van der Waals surface area contributed by atoms with Crippen molar-refractivity contribution in [3.63, 3.8) is 0 Å². The van der Waals surface area contributed by atoms with Crippen molar-refractivity contribution < 1.29 is 83.6 Å². The number of phenolic OH excluding ortho intramolecular Hbond substituents is 3. The Kier molecular flexibility index (Phi) is 9.75. The minimum atomic E-state index is -1.92. The molecule has 0 spiro atoms. The number of ether oxygens (including phenoxy) is 5. The molecule has 0 bridgehead atoms. The molecule has 3 aromatic rings. The number of hydrogen-bond donors (Lipinski definition) is 9. The van der Waals surface area contributed by atoms with Crippen molar-refractivity contribution in [2.75, 3.05) is 13.2 Å². The SMILES string of the molecule is O=C(O)CC(=O)OC[C@@H]1O[C@@H](Oc2cc3c(O)cc(O)cc3[o+]c2-c2ccc(O)cc2)[C@H](O[C@@H]2OC[C@H](O)[C@H](O)[C@@H]2O)[C@@H](O)[C@H]1O. The summed E-state index contributed by atoms with van der Waals surface area (Å²) in [6.45, 7) is -1.21. The van der Waals surface area contributed by atoms with Crippen LogP contribution < -0.4 is 4.74 Å². The molecule has 9 atom stereocenters. The molecule has 2 aromatic carbocycles. The van der Waals surface area contributed by atoms with Crippen molar-refractivity contribution in [2.45, 2.75) is 61.7 Å². The van der Waals surface area contributed by atoms with Crippen molar-refractivity contribution in [3.05, 3.63) is 42.5 Å². The number of hydrogen-bond acceptors (Lipinski definition) is 15. The Labute approximate surface area is 258 Å². The quantitative estimate of drug-likeness (QED) is 0.0775. The van der Waals surface area contributed by atoms with Gasteiger partial charge in [0.2, 0.25) is 12.0 Å². The zero-order valence-electron chi connectivity index (χ0n) is 23.6. The zero-order chi connectivity index (χ0) is 33.3. The predicted octanol–water partition coefficient (Wildman–Crippen LogP) is -0.835. The van der Waals surface area contributed by atoms with E-state index in [2.05, 4.69) is 0 Å². The number of esters is 1. The molecule has 17 heteroatoms. The number of fused-ring (bicyclic) bond motifs is 1. The van der Waals surface area contributed by atoms with Gasteiger partial charge in [-0.2, -0.15) is 0 Å². The monoisotopic (exact) mass is 651 g/mol. The van der Waals surface area contributed by atoms with Crippen molar-refractivity contribution in [2.24, 2.45) is 0 Å². The van der Waals surface area contributed by atoms with E-state index in [1.165, 1.54) is 36.4 Å².